The third-order valence-electron chi connectivity index (χ3n) is 1.96. The number of nitrogens with one attached hydrogen (secondary N) is 1. The van der Waals surface area contributed by atoms with E-state index in [1.807, 2.05) is 27.7 Å². The van der Waals surface area contributed by atoms with Gasteiger partial charge in [0.2, 0.25) is 0 Å². The largest absolute Gasteiger partial charge is 0.447 e. The van der Waals surface area contributed by atoms with Crippen LogP contribution in [0.2, 0.25) is 0 Å². The zero-order chi connectivity index (χ0) is 10.5. The quantitative estimate of drug-likeness (QED) is 0.700. The van der Waals surface area contributed by atoms with Crippen molar-refractivity contribution in [3.63, 3.8) is 0 Å². The molecular formula is C9H19NO3. The summed E-state index contributed by atoms with van der Waals surface area (Å²) in [6, 6.07) is 0.0405. The minimum absolute atomic E-state index is 0.0121. The molecule has 1 atom stereocenters. The van der Waals surface area contributed by atoms with E-state index in [1.54, 1.807) is 0 Å². The summed E-state index contributed by atoms with van der Waals surface area (Å²) in [4.78, 5) is 11.0. The summed E-state index contributed by atoms with van der Waals surface area (Å²) in [5.74, 6) is 0. The Hall–Kier alpha value is -0.770. The molecule has 0 aliphatic heterocycles. The van der Waals surface area contributed by atoms with E-state index in [9.17, 15) is 4.79 Å². The van der Waals surface area contributed by atoms with Crippen molar-refractivity contribution in [3.05, 3.63) is 0 Å². The average Bonchev–Trinajstić information content (AvgIpc) is 1.99. The summed E-state index contributed by atoms with van der Waals surface area (Å²) in [6.45, 7) is 7.91. The van der Waals surface area contributed by atoms with Crippen LogP contribution >= 0.6 is 0 Å². The maximum atomic E-state index is 11.0. The van der Waals surface area contributed by atoms with Crippen LogP contribution in [0.3, 0.4) is 0 Å². The molecular weight excluding hydrogens is 170 g/mol. The molecule has 4 nitrogen and oxygen atoms in total. The van der Waals surface area contributed by atoms with Gasteiger partial charge in [-0.05, 0) is 12.3 Å². The minimum Gasteiger partial charge on any atom is -0.447 e. The predicted octanol–water partition coefficient (Wildman–Crippen LogP) is 1.14. The maximum Gasteiger partial charge on any atom is 0.407 e. The molecule has 0 heterocycles. The SMILES string of the molecule is CC(NC(=O)OCCO)C(C)(C)C. The van der Waals surface area contributed by atoms with E-state index in [-0.39, 0.29) is 24.7 Å². The number of ether oxygens (including phenoxy) is 1. The van der Waals surface area contributed by atoms with Crippen LogP contribution < -0.4 is 5.32 Å². The number of amides is 1. The Morgan fingerprint density at radius 2 is 2.08 bits per heavy atom. The molecule has 0 saturated heterocycles. The molecule has 0 bridgehead atoms. The number of carbonyl (C=O) groups is 1. The summed E-state index contributed by atoms with van der Waals surface area (Å²) >= 11 is 0. The lowest BCUT2D eigenvalue weighted by atomic mass is 9.88. The van der Waals surface area contributed by atoms with Gasteiger partial charge in [0.25, 0.3) is 0 Å². The number of hydrogen-bond acceptors (Lipinski definition) is 3. The second kappa shape index (κ2) is 5.07. The van der Waals surface area contributed by atoms with Crippen molar-refractivity contribution in [1.82, 2.24) is 5.32 Å². The van der Waals surface area contributed by atoms with E-state index in [1.165, 1.54) is 0 Å². The Morgan fingerprint density at radius 1 is 1.54 bits per heavy atom. The molecule has 2 N–H and O–H groups in total. The van der Waals surface area contributed by atoms with Gasteiger partial charge in [0.15, 0.2) is 0 Å². The third-order valence-corrected chi connectivity index (χ3v) is 1.96. The van der Waals surface area contributed by atoms with Crippen molar-refractivity contribution in [1.29, 1.82) is 0 Å². The number of alkyl carbamates (subject to hydrolysis) is 1. The Bertz CT molecular complexity index is 163. The topological polar surface area (TPSA) is 58.6 Å². The van der Waals surface area contributed by atoms with Crippen LogP contribution in [0.5, 0.6) is 0 Å². The van der Waals surface area contributed by atoms with Crippen LogP contribution in [0, 0.1) is 5.41 Å². The zero-order valence-corrected chi connectivity index (χ0v) is 8.76. The summed E-state index contributed by atoms with van der Waals surface area (Å²) in [5, 5.41) is 11.1. The van der Waals surface area contributed by atoms with Crippen molar-refractivity contribution in [2.24, 2.45) is 5.41 Å². The fourth-order valence-corrected chi connectivity index (χ4v) is 0.573. The molecule has 0 fully saturated rings. The first-order chi connectivity index (χ1) is 5.88. The number of aliphatic hydroxyl groups is 1. The van der Waals surface area contributed by atoms with Crippen molar-refractivity contribution in [2.45, 2.75) is 33.7 Å². The van der Waals surface area contributed by atoms with Crippen molar-refractivity contribution < 1.29 is 14.6 Å². The lowest BCUT2D eigenvalue weighted by Gasteiger charge is -2.27. The van der Waals surface area contributed by atoms with Crippen LogP contribution in [-0.2, 0) is 4.74 Å². The maximum absolute atomic E-state index is 11.0. The second-order valence-electron chi connectivity index (χ2n) is 4.09. The highest BCUT2D eigenvalue weighted by Gasteiger charge is 2.21. The second-order valence-corrected chi connectivity index (χ2v) is 4.09. The number of aliphatic hydroxyl groups excluding tert-OH is 1. The van der Waals surface area contributed by atoms with Crippen molar-refractivity contribution in [2.75, 3.05) is 13.2 Å². The predicted molar refractivity (Wildman–Crippen MR) is 50.5 cm³/mol. The molecule has 0 aliphatic carbocycles. The Morgan fingerprint density at radius 3 is 2.46 bits per heavy atom. The molecule has 1 unspecified atom stereocenters. The fraction of sp³-hybridized carbons (Fsp3) is 0.889. The highest BCUT2D eigenvalue weighted by molar-refractivity contribution is 5.67. The molecule has 4 heteroatoms. The van der Waals surface area contributed by atoms with E-state index in [4.69, 9.17) is 5.11 Å². The van der Waals surface area contributed by atoms with E-state index in [2.05, 4.69) is 10.1 Å². The van der Waals surface area contributed by atoms with Crippen LogP contribution in [0.25, 0.3) is 0 Å². The molecule has 0 radical (unpaired) electrons. The molecule has 78 valence electrons. The van der Waals surface area contributed by atoms with Crippen LogP contribution in [0.4, 0.5) is 4.79 Å². The lowest BCUT2D eigenvalue weighted by molar-refractivity contribution is 0.111. The molecule has 13 heavy (non-hydrogen) atoms. The van der Waals surface area contributed by atoms with Crippen molar-refractivity contribution >= 4 is 6.09 Å². The standard InChI is InChI=1S/C9H19NO3/c1-7(9(2,3)4)10-8(12)13-6-5-11/h7,11H,5-6H2,1-4H3,(H,10,12). The molecule has 0 saturated carbocycles. The molecule has 1 amide bonds. The lowest BCUT2D eigenvalue weighted by Crippen LogP contribution is -2.41. The van der Waals surface area contributed by atoms with Gasteiger partial charge in [-0.3, -0.25) is 0 Å². The summed E-state index contributed by atoms with van der Waals surface area (Å²) < 4.78 is 4.66. The summed E-state index contributed by atoms with van der Waals surface area (Å²) in [7, 11) is 0. The normalized spacial score (nSPS) is 13.6. The number of carbonyl (C=O) groups excluding carboxylic acids is 1. The first-order valence-corrected chi connectivity index (χ1v) is 4.42. The first kappa shape index (κ1) is 12.2. The van der Waals surface area contributed by atoms with Gasteiger partial charge in [-0.1, -0.05) is 20.8 Å². The van der Waals surface area contributed by atoms with Crippen LogP contribution in [0.1, 0.15) is 27.7 Å². The van der Waals surface area contributed by atoms with Gasteiger partial charge >= 0.3 is 6.09 Å². The van der Waals surface area contributed by atoms with E-state index >= 15 is 0 Å². The zero-order valence-electron chi connectivity index (χ0n) is 8.76. The third kappa shape index (κ3) is 5.47. The molecule has 0 spiro atoms. The van der Waals surface area contributed by atoms with E-state index in [0.717, 1.165) is 0 Å². The van der Waals surface area contributed by atoms with Crippen LogP contribution in [-0.4, -0.2) is 30.5 Å². The van der Waals surface area contributed by atoms with Gasteiger partial charge in [0.05, 0.1) is 6.61 Å². The monoisotopic (exact) mass is 189 g/mol. The van der Waals surface area contributed by atoms with Gasteiger partial charge in [0.1, 0.15) is 6.61 Å². The molecule has 0 aromatic heterocycles. The van der Waals surface area contributed by atoms with Gasteiger partial charge < -0.3 is 15.2 Å². The highest BCUT2D eigenvalue weighted by Crippen LogP contribution is 2.18. The van der Waals surface area contributed by atoms with Crippen molar-refractivity contribution in [3.8, 4) is 0 Å². The average molecular weight is 189 g/mol. The van der Waals surface area contributed by atoms with Gasteiger partial charge in [-0.15, -0.1) is 0 Å². The molecule has 0 aromatic carbocycles. The van der Waals surface area contributed by atoms with Gasteiger partial charge in [-0.2, -0.15) is 0 Å². The van der Waals surface area contributed by atoms with Gasteiger partial charge in [0, 0.05) is 6.04 Å². The van der Waals surface area contributed by atoms with E-state index < -0.39 is 6.09 Å². The fourth-order valence-electron chi connectivity index (χ4n) is 0.573. The highest BCUT2D eigenvalue weighted by atomic mass is 16.6. The summed E-state index contributed by atoms with van der Waals surface area (Å²) in [6.07, 6.45) is -0.475. The Kier molecular flexibility index (Phi) is 4.77. The van der Waals surface area contributed by atoms with E-state index in [0.29, 0.717) is 0 Å². The molecule has 0 rings (SSSR count). The van der Waals surface area contributed by atoms with Crippen LogP contribution in [0.15, 0.2) is 0 Å². The summed E-state index contributed by atoms with van der Waals surface area (Å²) in [5.41, 5.74) is 0.0121. The Balaban J connectivity index is 3.79. The number of rotatable bonds is 3. The minimum atomic E-state index is -0.475. The Labute approximate surface area is 79.3 Å². The number of hydrogen-bond donors (Lipinski definition) is 2. The smallest absolute Gasteiger partial charge is 0.407 e. The first-order valence-electron chi connectivity index (χ1n) is 4.42. The molecule has 0 aromatic rings. The van der Waals surface area contributed by atoms with Gasteiger partial charge in [-0.25, -0.2) is 4.79 Å². The molecule has 0 aliphatic rings.